The van der Waals surface area contributed by atoms with Crippen molar-refractivity contribution in [2.24, 2.45) is 0 Å². The highest BCUT2D eigenvalue weighted by Crippen LogP contribution is 2.37. The Morgan fingerprint density at radius 1 is 1.00 bits per heavy atom. The van der Waals surface area contributed by atoms with Gasteiger partial charge in [-0.25, -0.2) is 0 Å². The maximum absolute atomic E-state index is 13.8. The first-order valence-electron chi connectivity index (χ1n) is 11.6. The zero-order valence-corrected chi connectivity index (χ0v) is 21.4. The SMILES string of the molecule is CCC(C(=O)NC(C)C)N(Cc1c(Cl)cccc1Cl)C(=O)CN1C(=O)c2cccc3cccc1c23. The smallest absolute Gasteiger partial charge is 0.259 e. The number of carbonyl (C=O) groups is 3. The second-order valence-corrected chi connectivity index (χ2v) is 9.70. The Bertz CT molecular complexity index is 1280. The van der Waals surface area contributed by atoms with E-state index in [1.54, 1.807) is 24.3 Å². The van der Waals surface area contributed by atoms with E-state index < -0.39 is 6.04 Å². The van der Waals surface area contributed by atoms with Crippen molar-refractivity contribution in [2.75, 3.05) is 11.4 Å². The van der Waals surface area contributed by atoms with Crippen LogP contribution in [0.1, 0.15) is 43.1 Å². The maximum atomic E-state index is 13.8. The van der Waals surface area contributed by atoms with Crippen molar-refractivity contribution in [1.82, 2.24) is 10.2 Å². The number of nitrogens with zero attached hydrogens (tertiary/aromatic N) is 2. The molecule has 182 valence electrons. The van der Waals surface area contributed by atoms with Crippen LogP contribution in [0.4, 0.5) is 5.69 Å². The van der Waals surface area contributed by atoms with Gasteiger partial charge in [0.1, 0.15) is 12.6 Å². The van der Waals surface area contributed by atoms with Crippen molar-refractivity contribution < 1.29 is 14.4 Å². The molecule has 1 aliphatic rings. The molecule has 0 saturated carbocycles. The van der Waals surface area contributed by atoms with Gasteiger partial charge in [-0.1, -0.05) is 60.5 Å². The second kappa shape index (κ2) is 10.3. The summed E-state index contributed by atoms with van der Waals surface area (Å²) in [4.78, 5) is 43.1. The van der Waals surface area contributed by atoms with E-state index in [0.717, 1.165) is 10.8 Å². The lowest BCUT2D eigenvalue weighted by atomic mass is 10.1. The number of halogens is 2. The molecule has 1 atom stereocenters. The van der Waals surface area contributed by atoms with E-state index in [4.69, 9.17) is 23.2 Å². The maximum Gasteiger partial charge on any atom is 0.259 e. The summed E-state index contributed by atoms with van der Waals surface area (Å²) in [5, 5.41) is 5.48. The summed E-state index contributed by atoms with van der Waals surface area (Å²) in [6, 6.07) is 15.5. The molecule has 1 N–H and O–H groups in total. The van der Waals surface area contributed by atoms with E-state index in [2.05, 4.69) is 5.32 Å². The molecule has 3 amide bonds. The van der Waals surface area contributed by atoms with Crippen molar-refractivity contribution in [3.05, 3.63) is 75.8 Å². The molecule has 3 aromatic rings. The number of hydrogen-bond donors (Lipinski definition) is 1. The molecule has 0 bridgehead atoms. The average molecular weight is 512 g/mol. The Hall–Kier alpha value is -3.09. The lowest BCUT2D eigenvalue weighted by Gasteiger charge is -2.33. The predicted octanol–water partition coefficient (Wildman–Crippen LogP) is 5.44. The Balaban J connectivity index is 1.69. The van der Waals surface area contributed by atoms with Crippen molar-refractivity contribution in [2.45, 2.75) is 45.8 Å². The molecule has 0 aliphatic carbocycles. The molecule has 6 nitrogen and oxygen atoms in total. The molecule has 0 spiro atoms. The number of anilines is 1. The predicted molar refractivity (Wildman–Crippen MR) is 140 cm³/mol. The summed E-state index contributed by atoms with van der Waals surface area (Å²) in [6.45, 7) is 5.41. The fourth-order valence-electron chi connectivity index (χ4n) is 4.52. The summed E-state index contributed by atoms with van der Waals surface area (Å²) in [7, 11) is 0. The third kappa shape index (κ3) is 4.86. The van der Waals surface area contributed by atoms with Crippen LogP contribution in [0.2, 0.25) is 10.0 Å². The van der Waals surface area contributed by atoms with Crippen LogP contribution in [0.25, 0.3) is 10.8 Å². The first-order valence-corrected chi connectivity index (χ1v) is 12.3. The fourth-order valence-corrected chi connectivity index (χ4v) is 5.03. The summed E-state index contributed by atoms with van der Waals surface area (Å²) in [6.07, 6.45) is 0.385. The largest absolute Gasteiger partial charge is 0.352 e. The number of hydrogen-bond acceptors (Lipinski definition) is 3. The summed E-state index contributed by atoms with van der Waals surface area (Å²) in [5.74, 6) is -0.873. The van der Waals surface area contributed by atoms with Crippen molar-refractivity contribution in [1.29, 1.82) is 0 Å². The third-order valence-electron chi connectivity index (χ3n) is 6.15. The normalized spacial score (nSPS) is 13.4. The highest BCUT2D eigenvalue weighted by atomic mass is 35.5. The van der Waals surface area contributed by atoms with Crippen LogP contribution in [-0.4, -0.2) is 41.2 Å². The minimum Gasteiger partial charge on any atom is -0.352 e. The molecule has 0 radical (unpaired) electrons. The van der Waals surface area contributed by atoms with Gasteiger partial charge in [0.25, 0.3) is 5.91 Å². The minimum atomic E-state index is -0.756. The summed E-state index contributed by atoms with van der Waals surface area (Å²) >= 11 is 12.8. The van der Waals surface area contributed by atoms with Gasteiger partial charge < -0.3 is 10.2 Å². The van der Waals surface area contributed by atoms with Crippen LogP contribution in [-0.2, 0) is 16.1 Å². The van der Waals surface area contributed by atoms with Crippen molar-refractivity contribution in [3.63, 3.8) is 0 Å². The first-order chi connectivity index (χ1) is 16.7. The lowest BCUT2D eigenvalue weighted by molar-refractivity contribution is -0.140. The highest BCUT2D eigenvalue weighted by Gasteiger charge is 2.35. The van der Waals surface area contributed by atoms with E-state index in [0.29, 0.717) is 33.3 Å². The van der Waals surface area contributed by atoms with Gasteiger partial charge >= 0.3 is 0 Å². The van der Waals surface area contributed by atoms with Gasteiger partial charge in [-0.05, 0) is 49.9 Å². The van der Waals surface area contributed by atoms with Gasteiger partial charge in [0.05, 0.1) is 5.69 Å². The van der Waals surface area contributed by atoms with E-state index in [1.165, 1.54) is 9.80 Å². The number of benzene rings is 3. The molecular formula is C27H27Cl2N3O3. The molecule has 0 fully saturated rings. The first kappa shape index (κ1) is 25.0. The van der Waals surface area contributed by atoms with Gasteiger partial charge in [0, 0.05) is 39.1 Å². The molecule has 1 aliphatic heterocycles. The van der Waals surface area contributed by atoms with E-state index >= 15 is 0 Å². The van der Waals surface area contributed by atoms with Crippen LogP contribution in [0.5, 0.6) is 0 Å². The Kier molecular flexibility index (Phi) is 7.33. The molecular weight excluding hydrogens is 485 g/mol. The molecule has 8 heteroatoms. The average Bonchev–Trinajstić information content (AvgIpc) is 3.08. The Morgan fingerprint density at radius 2 is 1.63 bits per heavy atom. The number of rotatable bonds is 8. The van der Waals surface area contributed by atoms with Crippen LogP contribution >= 0.6 is 23.2 Å². The van der Waals surface area contributed by atoms with Gasteiger partial charge in [0.2, 0.25) is 11.8 Å². The number of carbonyl (C=O) groups excluding carboxylic acids is 3. The van der Waals surface area contributed by atoms with E-state index in [-0.39, 0.29) is 36.9 Å². The number of nitrogens with one attached hydrogen (secondary N) is 1. The quantitative estimate of drug-likeness (QED) is 0.437. The highest BCUT2D eigenvalue weighted by molar-refractivity contribution is 6.36. The second-order valence-electron chi connectivity index (χ2n) is 8.88. The van der Waals surface area contributed by atoms with Gasteiger partial charge in [-0.3, -0.25) is 19.3 Å². The van der Waals surface area contributed by atoms with Crippen LogP contribution < -0.4 is 10.2 Å². The van der Waals surface area contributed by atoms with E-state index in [1.807, 2.05) is 51.1 Å². The van der Waals surface area contributed by atoms with Gasteiger partial charge in [-0.15, -0.1) is 0 Å². The molecule has 1 heterocycles. The molecule has 1 unspecified atom stereocenters. The van der Waals surface area contributed by atoms with Crippen LogP contribution in [0.15, 0.2) is 54.6 Å². The van der Waals surface area contributed by atoms with Gasteiger partial charge in [0.15, 0.2) is 0 Å². The molecule has 0 saturated heterocycles. The minimum absolute atomic E-state index is 0.0422. The number of amides is 3. The van der Waals surface area contributed by atoms with Gasteiger partial charge in [-0.2, -0.15) is 0 Å². The molecule has 35 heavy (non-hydrogen) atoms. The zero-order valence-electron chi connectivity index (χ0n) is 19.8. The Labute approximate surface area is 214 Å². The topological polar surface area (TPSA) is 69.7 Å². The third-order valence-corrected chi connectivity index (χ3v) is 6.86. The van der Waals surface area contributed by atoms with Crippen molar-refractivity contribution in [3.8, 4) is 0 Å². The monoisotopic (exact) mass is 511 g/mol. The van der Waals surface area contributed by atoms with Crippen LogP contribution in [0, 0.1) is 0 Å². The Morgan fingerprint density at radius 3 is 2.26 bits per heavy atom. The van der Waals surface area contributed by atoms with E-state index in [9.17, 15) is 14.4 Å². The lowest BCUT2D eigenvalue weighted by Crippen LogP contribution is -2.53. The van der Waals surface area contributed by atoms with Crippen molar-refractivity contribution >= 4 is 57.4 Å². The van der Waals surface area contributed by atoms with Crippen LogP contribution in [0.3, 0.4) is 0 Å². The molecule has 0 aromatic heterocycles. The zero-order chi connectivity index (χ0) is 25.3. The summed E-state index contributed by atoms with van der Waals surface area (Å²) < 4.78 is 0. The molecule has 4 rings (SSSR count). The standard InChI is InChI=1S/C27H27Cl2N3O3/c1-4-22(26(34)30-16(2)3)31(14-19-20(28)11-7-12-21(19)29)24(33)15-32-23-13-6-9-17-8-5-10-18(25(17)23)27(32)35/h5-13,16,22H,4,14-15H2,1-3H3,(H,30,34). The fraction of sp³-hybridized carbons (Fsp3) is 0.296. The molecule has 3 aromatic carbocycles. The summed E-state index contributed by atoms with van der Waals surface area (Å²) in [5.41, 5.74) is 1.81.